The fourth-order valence-corrected chi connectivity index (χ4v) is 9.71. The molecule has 0 spiro atoms. The highest BCUT2D eigenvalue weighted by Gasteiger charge is 2.47. The molecule has 0 aliphatic carbocycles. The van der Waals surface area contributed by atoms with E-state index >= 15 is 0 Å². The number of amides is 1. The molecule has 11 heteroatoms. The van der Waals surface area contributed by atoms with Gasteiger partial charge in [0.1, 0.15) is 24.4 Å². The summed E-state index contributed by atoms with van der Waals surface area (Å²) < 4.78 is 17.6. The topological polar surface area (TPSA) is 175 Å². The Balaban J connectivity index is 2.64. The Morgan fingerprint density at radius 2 is 0.961 bits per heavy atom. The normalized spacial score (nSPS) is 19.5. The van der Waals surface area contributed by atoms with E-state index in [1.807, 2.05) is 18.2 Å². The van der Waals surface area contributed by atoms with Gasteiger partial charge in [0.2, 0.25) is 5.91 Å². The molecule has 76 heavy (non-hydrogen) atoms. The van der Waals surface area contributed by atoms with Crippen LogP contribution in [0.5, 0.6) is 0 Å². The molecular formula is C65H117NO10. The molecule has 0 bridgehead atoms. The van der Waals surface area contributed by atoms with Gasteiger partial charge in [0.25, 0.3) is 0 Å². The van der Waals surface area contributed by atoms with Crippen molar-refractivity contribution >= 4 is 11.9 Å². The Morgan fingerprint density at radius 3 is 1.45 bits per heavy atom. The number of unbranched alkanes of at least 4 members (excludes halogenated alkanes) is 33. The zero-order valence-corrected chi connectivity index (χ0v) is 48.9. The third-order valence-electron chi connectivity index (χ3n) is 14.7. The number of carbonyl (C=O) groups excluding carboxylic acids is 2. The molecule has 0 aromatic carbocycles. The fourth-order valence-electron chi connectivity index (χ4n) is 9.71. The summed E-state index contributed by atoms with van der Waals surface area (Å²) >= 11 is 0. The van der Waals surface area contributed by atoms with Gasteiger partial charge in [0.15, 0.2) is 12.4 Å². The van der Waals surface area contributed by atoms with Crippen molar-refractivity contribution in [3.63, 3.8) is 0 Å². The number of aliphatic hydroxyl groups is 5. The molecular weight excluding hydrogens is 955 g/mol. The van der Waals surface area contributed by atoms with Crippen molar-refractivity contribution < 1.29 is 49.3 Å². The summed E-state index contributed by atoms with van der Waals surface area (Å²) in [6, 6.07) is -1.03. The summed E-state index contributed by atoms with van der Waals surface area (Å²) in [5, 5.41) is 57.0. The van der Waals surface area contributed by atoms with Crippen molar-refractivity contribution in [2.24, 2.45) is 0 Å². The van der Waals surface area contributed by atoms with Crippen LogP contribution in [0.3, 0.4) is 0 Å². The molecule has 1 saturated heterocycles. The van der Waals surface area contributed by atoms with Gasteiger partial charge in [-0.05, 0) is 70.6 Å². The first-order valence-corrected chi connectivity index (χ1v) is 31.6. The predicted molar refractivity (Wildman–Crippen MR) is 315 cm³/mol. The largest absolute Gasteiger partial charge is 0.454 e. The zero-order chi connectivity index (χ0) is 55.4. The molecule has 1 amide bonds. The van der Waals surface area contributed by atoms with Gasteiger partial charge in [-0.3, -0.25) is 9.59 Å². The Hall–Kier alpha value is -2.64. The fraction of sp³-hybridized carbons (Fsp3) is 0.815. The maximum atomic E-state index is 13.4. The zero-order valence-electron chi connectivity index (χ0n) is 48.9. The molecule has 8 atom stereocenters. The van der Waals surface area contributed by atoms with Crippen LogP contribution in [0.4, 0.5) is 0 Å². The summed E-state index contributed by atoms with van der Waals surface area (Å²) in [5.74, 6) is -1.20. The van der Waals surface area contributed by atoms with Crippen LogP contribution in [0.1, 0.15) is 278 Å². The van der Waals surface area contributed by atoms with E-state index in [0.29, 0.717) is 12.8 Å². The Morgan fingerprint density at radius 1 is 0.526 bits per heavy atom. The van der Waals surface area contributed by atoms with Crippen LogP contribution in [0.15, 0.2) is 60.8 Å². The second kappa shape index (κ2) is 53.0. The minimum atomic E-state index is -1.62. The van der Waals surface area contributed by atoms with Crippen molar-refractivity contribution in [1.29, 1.82) is 0 Å². The van der Waals surface area contributed by atoms with E-state index < -0.39 is 67.4 Å². The van der Waals surface area contributed by atoms with E-state index in [4.69, 9.17) is 14.2 Å². The van der Waals surface area contributed by atoms with Gasteiger partial charge in [-0.15, -0.1) is 0 Å². The lowest BCUT2D eigenvalue weighted by molar-refractivity contribution is -0.305. The number of nitrogens with one attached hydrogen (secondary N) is 1. The highest BCUT2D eigenvalue weighted by atomic mass is 16.7. The first-order chi connectivity index (χ1) is 37.2. The molecule has 6 N–H and O–H groups in total. The number of rotatable bonds is 53. The predicted octanol–water partition coefficient (Wildman–Crippen LogP) is 15.0. The van der Waals surface area contributed by atoms with Gasteiger partial charge in [0.05, 0.1) is 25.4 Å². The van der Waals surface area contributed by atoms with Crippen molar-refractivity contribution in [3.05, 3.63) is 60.8 Å². The molecule has 1 rings (SSSR count). The van der Waals surface area contributed by atoms with Crippen LogP contribution in [0.2, 0.25) is 0 Å². The van der Waals surface area contributed by atoms with Crippen LogP contribution >= 0.6 is 0 Å². The van der Waals surface area contributed by atoms with E-state index in [1.165, 1.54) is 148 Å². The highest BCUT2D eigenvalue weighted by molar-refractivity contribution is 5.80. The molecule has 0 aromatic heterocycles. The first kappa shape index (κ1) is 71.4. The maximum absolute atomic E-state index is 13.4. The van der Waals surface area contributed by atoms with Gasteiger partial charge < -0.3 is 45.1 Å². The molecule has 1 aliphatic heterocycles. The van der Waals surface area contributed by atoms with E-state index in [1.54, 1.807) is 6.08 Å². The molecule has 0 saturated carbocycles. The number of aliphatic hydroxyl groups excluding tert-OH is 5. The molecule has 0 radical (unpaired) electrons. The van der Waals surface area contributed by atoms with Gasteiger partial charge in [-0.2, -0.15) is 0 Å². The molecule has 442 valence electrons. The molecule has 0 aromatic rings. The van der Waals surface area contributed by atoms with Gasteiger partial charge in [-0.1, -0.05) is 261 Å². The lowest BCUT2D eigenvalue weighted by Gasteiger charge is -2.41. The monoisotopic (exact) mass is 1070 g/mol. The summed E-state index contributed by atoms with van der Waals surface area (Å²) in [4.78, 5) is 26.5. The minimum Gasteiger partial charge on any atom is -0.454 e. The summed E-state index contributed by atoms with van der Waals surface area (Å²) in [6.45, 7) is 5.66. The minimum absolute atomic E-state index is 0.121. The Labute approximate surface area is 465 Å². The number of hydrogen-bond donors (Lipinski definition) is 6. The van der Waals surface area contributed by atoms with E-state index in [9.17, 15) is 35.1 Å². The molecule has 1 aliphatic rings. The summed E-state index contributed by atoms with van der Waals surface area (Å²) in [5.41, 5.74) is 0. The third kappa shape index (κ3) is 40.5. The number of esters is 1. The van der Waals surface area contributed by atoms with Crippen LogP contribution in [0.25, 0.3) is 0 Å². The number of allylic oxidation sites excluding steroid dienone is 9. The van der Waals surface area contributed by atoms with Gasteiger partial charge in [-0.25, -0.2) is 0 Å². The number of carbonyl (C=O) groups is 2. The summed E-state index contributed by atoms with van der Waals surface area (Å²) in [7, 11) is 0. The third-order valence-corrected chi connectivity index (χ3v) is 14.7. The average molecular weight is 1070 g/mol. The quantitative estimate of drug-likeness (QED) is 0.0149. The van der Waals surface area contributed by atoms with Crippen molar-refractivity contribution in [3.8, 4) is 0 Å². The van der Waals surface area contributed by atoms with Crippen molar-refractivity contribution in [2.45, 2.75) is 327 Å². The van der Waals surface area contributed by atoms with Crippen molar-refractivity contribution in [1.82, 2.24) is 5.32 Å². The Kier molecular flexibility index (Phi) is 49.8. The van der Waals surface area contributed by atoms with Crippen LogP contribution in [-0.4, -0.2) is 99.6 Å². The van der Waals surface area contributed by atoms with Crippen molar-refractivity contribution in [2.75, 3.05) is 13.2 Å². The van der Waals surface area contributed by atoms with E-state index in [0.717, 1.165) is 83.5 Å². The van der Waals surface area contributed by atoms with Crippen LogP contribution in [0, 0.1) is 0 Å². The lowest BCUT2D eigenvalue weighted by atomic mass is 9.99. The first-order valence-electron chi connectivity index (χ1n) is 31.6. The standard InChI is InChI=1S/C65H117NO10/c1-4-7-10-13-16-19-22-25-27-28-29-30-31-32-33-35-38-41-44-47-50-53-60(70)76-63-62(72)61(71)59(54-67)75-65(63)74-55-56(57(68)51-48-45-42-39-36-24-21-18-15-12-9-6-3)66-64(73)58(69)52-49-46-43-40-37-34-26-23-20-17-14-11-8-5-2/h8,11,14,17,20,23,25,27,48,51,56-59,61-63,65,67-69,71-72H,4-7,9-10,12-13,15-16,18-19,21-22,24,26,28-47,49-50,52-55H2,1-3H3,(H,66,73)/b11-8+,17-14+,23-20+,27-25+,51-48+. The number of ether oxygens (including phenoxy) is 3. The molecule has 8 unspecified atom stereocenters. The number of hydrogen-bond acceptors (Lipinski definition) is 10. The van der Waals surface area contributed by atoms with E-state index in [2.05, 4.69) is 62.5 Å². The van der Waals surface area contributed by atoms with Gasteiger partial charge in [0, 0.05) is 6.42 Å². The second-order valence-electron chi connectivity index (χ2n) is 21.8. The lowest BCUT2D eigenvalue weighted by Crippen LogP contribution is -2.61. The highest BCUT2D eigenvalue weighted by Crippen LogP contribution is 2.26. The smallest absolute Gasteiger partial charge is 0.306 e. The molecule has 11 nitrogen and oxygen atoms in total. The van der Waals surface area contributed by atoms with E-state index in [-0.39, 0.29) is 19.4 Å². The molecule has 1 heterocycles. The maximum Gasteiger partial charge on any atom is 0.306 e. The second-order valence-corrected chi connectivity index (χ2v) is 21.8. The van der Waals surface area contributed by atoms with Gasteiger partial charge >= 0.3 is 5.97 Å². The SMILES string of the molecule is CC/C=C/C=C/C=C/CCCCCCCCC(O)C(=O)NC(COC1OC(CO)C(O)C(O)C1OC(=O)CCCCCCCCCCCCC/C=C/CCCCCCCC)C(O)/C=C/CCCCCCCCCCCC. The Bertz CT molecular complexity index is 1460. The molecule has 1 fully saturated rings. The van der Waals surface area contributed by atoms with Crippen LogP contribution < -0.4 is 5.32 Å². The summed E-state index contributed by atoms with van der Waals surface area (Å²) in [6.07, 6.45) is 55.5. The average Bonchev–Trinajstić information content (AvgIpc) is 3.42. The van der Waals surface area contributed by atoms with Crippen LogP contribution in [-0.2, 0) is 23.8 Å².